The Morgan fingerprint density at radius 3 is 2.61 bits per heavy atom. The summed E-state index contributed by atoms with van der Waals surface area (Å²) in [4.78, 5) is 19.5. The van der Waals surface area contributed by atoms with Crippen LogP contribution in [0.4, 0.5) is 13.2 Å². The van der Waals surface area contributed by atoms with E-state index in [1.807, 2.05) is 0 Å². The Morgan fingerprint density at radius 1 is 1.17 bits per heavy atom. The molecule has 0 aliphatic rings. The van der Waals surface area contributed by atoms with Crippen molar-refractivity contribution in [2.75, 3.05) is 0 Å². The van der Waals surface area contributed by atoms with Gasteiger partial charge in [-0.05, 0) is 35.9 Å². The van der Waals surface area contributed by atoms with Gasteiger partial charge >= 0.3 is 6.18 Å². The van der Waals surface area contributed by atoms with Gasteiger partial charge in [-0.2, -0.15) is 13.2 Å². The minimum atomic E-state index is -4.48. The molecule has 0 aliphatic carbocycles. The van der Waals surface area contributed by atoms with Crippen molar-refractivity contribution in [3.05, 3.63) is 58.9 Å². The number of hydrogen-bond donors (Lipinski definition) is 1. The predicted octanol–water partition coefficient (Wildman–Crippen LogP) is 3.64. The average Bonchev–Trinajstić information content (AvgIpc) is 2.97. The minimum Gasteiger partial charge on any atom is -0.348 e. The van der Waals surface area contributed by atoms with Crippen LogP contribution in [-0.2, 0) is 12.7 Å². The van der Waals surface area contributed by atoms with Gasteiger partial charge in [0.2, 0.25) is 0 Å². The Morgan fingerprint density at radius 2 is 1.91 bits per heavy atom. The van der Waals surface area contributed by atoms with Crippen molar-refractivity contribution < 1.29 is 18.0 Å². The van der Waals surface area contributed by atoms with Crippen molar-refractivity contribution in [2.24, 2.45) is 0 Å². The molecule has 118 valence electrons. The number of fused-ring (bicyclic) bond motifs is 1. The first-order valence-corrected chi connectivity index (χ1v) is 7.40. The number of thiazole rings is 1. The van der Waals surface area contributed by atoms with Gasteiger partial charge in [0.1, 0.15) is 0 Å². The predicted molar refractivity (Wildman–Crippen MR) is 80.0 cm³/mol. The van der Waals surface area contributed by atoms with Crippen LogP contribution in [0.2, 0.25) is 0 Å². The molecule has 3 aromatic rings. The summed E-state index contributed by atoms with van der Waals surface area (Å²) in [7, 11) is 0. The van der Waals surface area contributed by atoms with Crippen molar-refractivity contribution in [1.82, 2.24) is 15.3 Å². The topological polar surface area (TPSA) is 54.9 Å². The summed E-state index contributed by atoms with van der Waals surface area (Å²) in [5.74, 6) is -0.356. The van der Waals surface area contributed by atoms with Gasteiger partial charge < -0.3 is 5.32 Å². The molecule has 0 saturated carbocycles. The fourth-order valence-corrected chi connectivity index (χ4v) is 2.84. The lowest BCUT2D eigenvalue weighted by molar-refractivity contribution is -0.137. The zero-order chi connectivity index (χ0) is 16.4. The maximum Gasteiger partial charge on any atom is 0.443 e. The van der Waals surface area contributed by atoms with Crippen molar-refractivity contribution in [3.63, 3.8) is 0 Å². The molecule has 3 rings (SSSR count). The molecule has 0 bridgehead atoms. The number of alkyl halides is 3. The van der Waals surface area contributed by atoms with Gasteiger partial charge in [0, 0.05) is 24.5 Å². The van der Waals surface area contributed by atoms with Gasteiger partial charge in [-0.25, -0.2) is 4.98 Å². The molecule has 0 fully saturated rings. The van der Waals surface area contributed by atoms with Crippen LogP contribution < -0.4 is 5.32 Å². The van der Waals surface area contributed by atoms with Gasteiger partial charge in [0.25, 0.3) is 5.91 Å². The van der Waals surface area contributed by atoms with Crippen molar-refractivity contribution in [2.45, 2.75) is 12.7 Å². The lowest BCUT2D eigenvalue weighted by Crippen LogP contribution is -2.22. The summed E-state index contributed by atoms with van der Waals surface area (Å²) in [6.07, 6.45) is -1.25. The second kappa shape index (κ2) is 5.96. The zero-order valence-electron chi connectivity index (χ0n) is 11.6. The highest BCUT2D eigenvalue weighted by Crippen LogP contribution is 2.35. The third-order valence-corrected chi connectivity index (χ3v) is 4.16. The Labute approximate surface area is 133 Å². The number of nitrogens with one attached hydrogen (secondary N) is 1. The molecule has 0 radical (unpaired) electrons. The van der Waals surface area contributed by atoms with Crippen LogP contribution in [-0.4, -0.2) is 15.9 Å². The highest BCUT2D eigenvalue weighted by Gasteiger charge is 2.34. The van der Waals surface area contributed by atoms with E-state index in [1.54, 1.807) is 24.5 Å². The van der Waals surface area contributed by atoms with Crippen LogP contribution in [0.3, 0.4) is 0 Å². The quantitative estimate of drug-likeness (QED) is 0.794. The number of carbonyl (C=O) groups excluding carboxylic acids is 1. The van der Waals surface area contributed by atoms with Gasteiger partial charge in [0.15, 0.2) is 5.01 Å². The van der Waals surface area contributed by atoms with Crippen molar-refractivity contribution in [3.8, 4) is 0 Å². The average molecular weight is 337 g/mol. The second-order valence-corrected chi connectivity index (χ2v) is 5.77. The number of aromatic nitrogens is 2. The number of pyridine rings is 1. The molecule has 2 aromatic heterocycles. The van der Waals surface area contributed by atoms with Crippen LogP contribution in [0.1, 0.15) is 20.9 Å². The molecular weight excluding hydrogens is 327 g/mol. The molecule has 0 spiro atoms. The highest BCUT2D eigenvalue weighted by molar-refractivity contribution is 7.18. The summed E-state index contributed by atoms with van der Waals surface area (Å²) in [5.41, 5.74) is 1.41. The molecule has 0 atom stereocenters. The fourth-order valence-electron chi connectivity index (χ4n) is 1.97. The SMILES string of the molecule is O=C(NCc1ccncc1)c1ccc2nc(C(F)(F)F)sc2c1. The normalized spacial score (nSPS) is 11.6. The Kier molecular flexibility index (Phi) is 3.99. The zero-order valence-corrected chi connectivity index (χ0v) is 12.4. The summed E-state index contributed by atoms with van der Waals surface area (Å²) < 4.78 is 38.3. The Balaban J connectivity index is 1.78. The molecule has 0 unspecified atom stereocenters. The van der Waals surface area contributed by atoms with Gasteiger partial charge in [-0.15, -0.1) is 11.3 Å². The van der Waals surface area contributed by atoms with E-state index in [2.05, 4.69) is 15.3 Å². The van der Waals surface area contributed by atoms with Gasteiger partial charge in [-0.1, -0.05) is 0 Å². The summed E-state index contributed by atoms with van der Waals surface area (Å²) in [5, 5.41) is 1.80. The molecule has 4 nitrogen and oxygen atoms in total. The van der Waals surface area contributed by atoms with E-state index in [9.17, 15) is 18.0 Å². The minimum absolute atomic E-state index is 0.230. The van der Waals surface area contributed by atoms with Crippen molar-refractivity contribution >= 4 is 27.5 Å². The molecule has 8 heteroatoms. The number of halogens is 3. The van der Waals surface area contributed by atoms with E-state index in [4.69, 9.17) is 0 Å². The van der Waals surface area contributed by atoms with Crippen LogP contribution in [0.5, 0.6) is 0 Å². The Bertz CT molecular complexity index is 846. The lowest BCUT2D eigenvalue weighted by atomic mass is 10.2. The van der Waals surface area contributed by atoms with E-state index in [1.165, 1.54) is 18.2 Å². The molecule has 0 aliphatic heterocycles. The number of hydrogen-bond acceptors (Lipinski definition) is 4. The fraction of sp³-hybridized carbons (Fsp3) is 0.133. The number of carbonyl (C=O) groups is 1. The molecule has 23 heavy (non-hydrogen) atoms. The van der Waals surface area contributed by atoms with Gasteiger partial charge in [-0.3, -0.25) is 9.78 Å². The molecule has 2 heterocycles. The standard InChI is InChI=1S/C15H10F3N3OS/c16-15(17,18)14-21-11-2-1-10(7-12(11)23-14)13(22)20-8-9-3-5-19-6-4-9/h1-7H,8H2,(H,20,22). The summed E-state index contributed by atoms with van der Waals surface area (Å²) >= 11 is 0.526. The van der Waals surface area contributed by atoms with Crippen LogP contribution in [0.15, 0.2) is 42.7 Å². The third-order valence-electron chi connectivity index (χ3n) is 3.10. The van der Waals surface area contributed by atoms with Crippen LogP contribution in [0.25, 0.3) is 10.2 Å². The molecular formula is C15H10F3N3OS. The largest absolute Gasteiger partial charge is 0.443 e. The lowest BCUT2D eigenvalue weighted by Gasteiger charge is -2.05. The van der Waals surface area contributed by atoms with Crippen LogP contribution >= 0.6 is 11.3 Å². The van der Waals surface area contributed by atoms with E-state index in [0.29, 0.717) is 28.1 Å². The molecule has 0 saturated heterocycles. The first kappa shape index (κ1) is 15.4. The van der Waals surface area contributed by atoms with E-state index in [0.717, 1.165) is 5.56 Å². The number of amides is 1. The smallest absolute Gasteiger partial charge is 0.348 e. The number of benzene rings is 1. The van der Waals surface area contributed by atoms with E-state index >= 15 is 0 Å². The highest BCUT2D eigenvalue weighted by atomic mass is 32.1. The van der Waals surface area contributed by atoms with E-state index < -0.39 is 11.2 Å². The summed E-state index contributed by atoms with van der Waals surface area (Å²) in [6, 6.07) is 7.83. The first-order chi connectivity index (χ1) is 10.9. The second-order valence-electron chi connectivity index (χ2n) is 4.74. The van der Waals surface area contributed by atoms with Crippen molar-refractivity contribution in [1.29, 1.82) is 0 Å². The monoisotopic (exact) mass is 337 g/mol. The molecule has 1 N–H and O–H groups in total. The molecule has 1 aromatic carbocycles. The van der Waals surface area contributed by atoms with Crippen LogP contribution in [0, 0.1) is 0 Å². The summed E-state index contributed by atoms with van der Waals surface area (Å²) in [6.45, 7) is 0.315. The van der Waals surface area contributed by atoms with Gasteiger partial charge in [0.05, 0.1) is 10.2 Å². The number of rotatable bonds is 3. The maximum atomic E-state index is 12.7. The molecule has 1 amide bonds. The number of nitrogens with zero attached hydrogens (tertiary/aromatic N) is 2. The maximum absolute atomic E-state index is 12.7. The third kappa shape index (κ3) is 3.48. The first-order valence-electron chi connectivity index (χ1n) is 6.58. The van der Waals surface area contributed by atoms with E-state index in [-0.39, 0.29) is 11.4 Å². The Hall–Kier alpha value is -2.48.